The van der Waals surface area contributed by atoms with Crippen LogP contribution in [-0.2, 0) is 6.42 Å². The Bertz CT molecular complexity index is 507. The van der Waals surface area contributed by atoms with Gasteiger partial charge in [-0.05, 0) is 44.5 Å². The van der Waals surface area contributed by atoms with Crippen LogP contribution in [0.25, 0.3) is 0 Å². The summed E-state index contributed by atoms with van der Waals surface area (Å²) in [6.07, 6.45) is 5.73. The molecule has 0 radical (unpaired) electrons. The summed E-state index contributed by atoms with van der Waals surface area (Å²) in [4.78, 5) is 10.1. The highest BCUT2D eigenvalue weighted by molar-refractivity contribution is 7.11. The third-order valence-corrected chi connectivity index (χ3v) is 4.42. The van der Waals surface area contributed by atoms with Crippen LogP contribution < -0.4 is 5.32 Å². The lowest BCUT2D eigenvalue weighted by Gasteiger charge is -2.11. The maximum Gasteiger partial charge on any atom is 0.0975 e. The molecule has 0 aliphatic heterocycles. The summed E-state index contributed by atoms with van der Waals surface area (Å²) in [6, 6.07) is 4.49. The quantitative estimate of drug-likeness (QED) is 0.877. The van der Waals surface area contributed by atoms with Gasteiger partial charge in [0, 0.05) is 29.7 Å². The second-order valence-electron chi connectivity index (χ2n) is 4.77. The number of hydrogen-bond donors (Lipinski definition) is 1. The van der Waals surface area contributed by atoms with Crippen molar-refractivity contribution in [3.8, 4) is 0 Å². The predicted octanol–water partition coefficient (Wildman–Crippen LogP) is 3.50. The van der Waals surface area contributed by atoms with Crippen molar-refractivity contribution in [2.45, 2.75) is 39.7 Å². The standard InChI is InChI=1S/C15H21N3S/c1-4-7-17-11(2)15-12(3)18-14(19-15)10-13-5-8-16-9-6-13/h5-6,8-9,11,17H,4,7,10H2,1-3H3. The summed E-state index contributed by atoms with van der Waals surface area (Å²) in [5.41, 5.74) is 2.43. The van der Waals surface area contributed by atoms with Gasteiger partial charge in [0.05, 0.1) is 10.7 Å². The van der Waals surface area contributed by atoms with Gasteiger partial charge < -0.3 is 5.32 Å². The van der Waals surface area contributed by atoms with Gasteiger partial charge in [-0.25, -0.2) is 4.98 Å². The van der Waals surface area contributed by atoms with Crippen LogP contribution in [0.3, 0.4) is 0 Å². The largest absolute Gasteiger partial charge is 0.309 e. The first kappa shape index (κ1) is 14.2. The molecule has 3 nitrogen and oxygen atoms in total. The molecule has 0 bridgehead atoms. The summed E-state index contributed by atoms with van der Waals surface area (Å²) >= 11 is 1.82. The monoisotopic (exact) mass is 275 g/mol. The molecule has 1 N–H and O–H groups in total. The van der Waals surface area contributed by atoms with Crippen LogP contribution in [-0.4, -0.2) is 16.5 Å². The van der Waals surface area contributed by atoms with E-state index in [1.165, 1.54) is 15.4 Å². The Morgan fingerprint density at radius 2 is 2.05 bits per heavy atom. The van der Waals surface area contributed by atoms with Gasteiger partial charge in [0.15, 0.2) is 0 Å². The van der Waals surface area contributed by atoms with Crippen LogP contribution in [0, 0.1) is 6.92 Å². The molecular formula is C15H21N3S. The fraction of sp³-hybridized carbons (Fsp3) is 0.467. The Kier molecular flexibility index (Phi) is 5.05. The highest BCUT2D eigenvalue weighted by Crippen LogP contribution is 2.26. The number of thiazole rings is 1. The van der Waals surface area contributed by atoms with Gasteiger partial charge in [0.2, 0.25) is 0 Å². The average Bonchev–Trinajstić information content (AvgIpc) is 2.78. The summed E-state index contributed by atoms with van der Waals surface area (Å²) in [5.74, 6) is 0. The maximum absolute atomic E-state index is 4.69. The molecule has 102 valence electrons. The molecule has 2 rings (SSSR count). The lowest BCUT2D eigenvalue weighted by Crippen LogP contribution is -2.18. The number of rotatable bonds is 6. The summed E-state index contributed by atoms with van der Waals surface area (Å²) in [7, 11) is 0. The van der Waals surface area contributed by atoms with Crippen molar-refractivity contribution in [3.63, 3.8) is 0 Å². The molecule has 1 unspecified atom stereocenters. The number of aromatic nitrogens is 2. The Balaban J connectivity index is 2.08. The van der Waals surface area contributed by atoms with E-state index >= 15 is 0 Å². The summed E-state index contributed by atoms with van der Waals surface area (Å²) in [6.45, 7) is 7.56. The molecule has 0 saturated heterocycles. The summed E-state index contributed by atoms with van der Waals surface area (Å²) < 4.78 is 0. The molecule has 2 aromatic rings. The Labute approximate surface area is 119 Å². The zero-order chi connectivity index (χ0) is 13.7. The predicted molar refractivity (Wildman–Crippen MR) is 80.6 cm³/mol. The first-order chi connectivity index (χ1) is 9.20. The van der Waals surface area contributed by atoms with Crippen LogP contribution >= 0.6 is 11.3 Å². The van der Waals surface area contributed by atoms with E-state index in [2.05, 4.69) is 43.2 Å². The topological polar surface area (TPSA) is 37.8 Å². The zero-order valence-corrected chi connectivity index (χ0v) is 12.6. The Hall–Kier alpha value is -1.26. The van der Waals surface area contributed by atoms with Crippen LogP contribution in [0.15, 0.2) is 24.5 Å². The van der Waals surface area contributed by atoms with E-state index in [1.54, 1.807) is 0 Å². The van der Waals surface area contributed by atoms with Crippen LogP contribution in [0.4, 0.5) is 0 Å². The molecule has 0 aromatic carbocycles. The van der Waals surface area contributed by atoms with Gasteiger partial charge in [-0.3, -0.25) is 4.98 Å². The molecule has 0 spiro atoms. The molecule has 2 aromatic heterocycles. The Morgan fingerprint density at radius 3 is 2.74 bits per heavy atom. The van der Waals surface area contributed by atoms with E-state index in [9.17, 15) is 0 Å². The third-order valence-electron chi connectivity index (χ3n) is 3.08. The van der Waals surface area contributed by atoms with Gasteiger partial charge in [-0.1, -0.05) is 6.92 Å². The van der Waals surface area contributed by atoms with E-state index in [-0.39, 0.29) is 0 Å². The van der Waals surface area contributed by atoms with E-state index in [4.69, 9.17) is 4.98 Å². The number of nitrogens with zero attached hydrogens (tertiary/aromatic N) is 2. The fourth-order valence-corrected chi connectivity index (χ4v) is 3.20. The lowest BCUT2D eigenvalue weighted by atomic mass is 10.2. The van der Waals surface area contributed by atoms with E-state index < -0.39 is 0 Å². The number of aryl methyl sites for hydroxylation is 1. The number of hydrogen-bond acceptors (Lipinski definition) is 4. The van der Waals surface area contributed by atoms with Gasteiger partial charge in [0.1, 0.15) is 0 Å². The smallest absolute Gasteiger partial charge is 0.0975 e. The maximum atomic E-state index is 4.69. The first-order valence-corrected chi connectivity index (χ1v) is 7.60. The van der Waals surface area contributed by atoms with Gasteiger partial charge >= 0.3 is 0 Å². The number of pyridine rings is 1. The van der Waals surface area contributed by atoms with E-state index in [0.29, 0.717) is 6.04 Å². The highest BCUT2D eigenvalue weighted by Gasteiger charge is 2.13. The van der Waals surface area contributed by atoms with Crippen molar-refractivity contribution in [2.75, 3.05) is 6.54 Å². The van der Waals surface area contributed by atoms with Crippen LogP contribution in [0.2, 0.25) is 0 Å². The molecular weight excluding hydrogens is 254 g/mol. The number of nitrogens with one attached hydrogen (secondary N) is 1. The normalized spacial score (nSPS) is 12.6. The molecule has 0 fully saturated rings. The average molecular weight is 275 g/mol. The van der Waals surface area contributed by atoms with Crippen molar-refractivity contribution in [1.29, 1.82) is 0 Å². The van der Waals surface area contributed by atoms with Gasteiger partial charge in [0.25, 0.3) is 0 Å². The molecule has 0 amide bonds. The van der Waals surface area contributed by atoms with Crippen LogP contribution in [0.5, 0.6) is 0 Å². The SMILES string of the molecule is CCCNC(C)c1sc(Cc2ccncc2)nc1C. The molecule has 0 saturated carbocycles. The van der Waals surface area contributed by atoms with Crippen molar-refractivity contribution in [1.82, 2.24) is 15.3 Å². The zero-order valence-electron chi connectivity index (χ0n) is 11.8. The van der Waals surface area contributed by atoms with Crippen molar-refractivity contribution in [2.24, 2.45) is 0 Å². The fourth-order valence-electron chi connectivity index (χ4n) is 2.07. The van der Waals surface area contributed by atoms with Crippen molar-refractivity contribution < 1.29 is 0 Å². The lowest BCUT2D eigenvalue weighted by molar-refractivity contribution is 0.575. The Morgan fingerprint density at radius 1 is 1.32 bits per heavy atom. The van der Waals surface area contributed by atoms with Gasteiger partial charge in [-0.2, -0.15) is 0 Å². The molecule has 0 aliphatic rings. The van der Waals surface area contributed by atoms with E-state index in [1.807, 2.05) is 23.7 Å². The van der Waals surface area contributed by atoms with Crippen molar-refractivity contribution >= 4 is 11.3 Å². The minimum atomic E-state index is 0.392. The molecule has 0 aliphatic carbocycles. The van der Waals surface area contributed by atoms with Crippen LogP contribution in [0.1, 0.15) is 47.5 Å². The molecule has 2 heterocycles. The first-order valence-electron chi connectivity index (χ1n) is 6.79. The van der Waals surface area contributed by atoms with E-state index in [0.717, 1.165) is 25.1 Å². The third kappa shape index (κ3) is 3.85. The van der Waals surface area contributed by atoms with Gasteiger partial charge in [-0.15, -0.1) is 11.3 Å². The minimum Gasteiger partial charge on any atom is -0.309 e. The molecule has 19 heavy (non-hydrogen) atoms. The highest BCUT2D eigenvalue weighted by atomic mass is 32.1. The van der Waals surface area contributed by atoms with Crippen molar-refractivity contribution in [3.05, 3.63) is 45.7 Å². The molecule has 1 atom stereocenters. The minimum absolute atomic E-state index is 0.392. The molecule has 4 heteroatoms. The second kappa shape index (κ2) is 6.78. The summed E-state index contributed by atoms with van der Waals surface area (Å²) in [5, 5.41) is 4.71. The second-order valence-corrected chi connectivity index (χ2v) is 5.88.